The van der Waals surface area contributed by atoms with Crippen LogP contribution >= 0.6 is 11.8 Å². The number of nitrogens with zero attached hydrogens (tertiary/aromatic N) is 5. The monoisotopic (exact) mass is 600 g/mol. The van der Waals surface area contributed by atoms with Crippen LogP contribution in [-0.4, -0.2) is 54.8 Å². The summed E-state index contributed by atoms with van der Waals surface area (Å²) >= 11 is 1.28. The summed E-state index contributed by atoms with van der Waals surface area (Å²) in [6, 6.07) is 23.1. The minimum Gasteiger partial charge on any atom is -0.326 e. The van der Waals surface area contributed by atoms with Crippen LogP contribution in [-0.2, 0) is 23.0 Å². The molecule has 0 aromatic heterocycles. The molecule has 0 spiro atoms. The third-order valence-electron chi connectivity index (χ3n) is 7.09. The van der Waals surface area contributed by atoms with Crippen LogP contribution in [0.1, 0.15) is 48.1 Å². The van der Waals surface area contributed by atoms with E-state index in [1.807, 2.05) is 38.1 Å². The van der Waals surface area contributed by atoms with Gasteiger partial charge >= 0.3 is 5.24 Å². The maximum Gasteiger partial charge on any atom is 0.302 e. The number of carbonyl (C=O) groups excluding carboxylic acids is 1. The number of sulfonamides is 1. The number of rotatable bonds is 6. The molecule has 0 saturated heterocycles. The molecule has 42 heavy (non-hydrogen) atoms. The Balaban J connectivity index is 1.50. The van der Waals surface area contributed by atoms with Gasteiger partial charge in [0.05, 0.1) is 34.9 Å². The molecule has 5 rings (SSSR count). The van der Waals surface area contributed by atoms with Crippen molar-refractivity contribution in [3.63, 3.8) is 0 Å². The summed E-state index contributed by atoms with van der Waals surface area (Å²) < 4.78 is 25.2. The van der Waals surface area contributed by atoms with Crippen LogP contribution in [0.4, 0.5) is 16.2 Å². The van der Waals surface area contributed by atoms with Crippen LogP contribution < -0.4 is 9.62 Å². The normalized spacial score (nSPS) is 16.9. The lowest BCUT2D eigenvalue weighted by atomic mass is 9.93. The summed E-state index contributed by atoms with van der Waals surface area (Å²) in [5.41, 5.74) is 7.01. The first-order valence-corrected chi connectivity index (χ1v) is 16.2. The Morgan fingerprint density at radius 1 is 1.12 bits per heavy atom. The van der Waals surface area contributed by atoms with Crippen LogP contribution in [0.15, 0.2) is 76.8 Å². The van der Waals surface area contributed by atoms with Crippen molar-refractivity contribution in [3.8, 4) is 6.07 Å². The van der Waals surface area contributed by atoms with E-state index in [1.54, 1.807) is 31.3 Å². The summed E-state index contributed by atoms with van der Waals surface area (Å²) in [5, 5.41) is 15.3. The van der Waals surface area contributed by atoms with Crippen molar-refractivity contribution in [1.29, 1.82) is 5.26 Å². The summed E-state index contributed by atoms with van der Waals surface area (Å²) in [6.07, 6.45) is 2.96. The molecule has 2 heterocycles. The zero-order chi connectivity index (χ0) is 30.1. The van der Waals surface area contributed by atoms with Gasteiger partial charge in [0.1, 0.15) is 5.84 Å². The fourth-order valence-electron chi connectivity index (χ4n) is 5.10. The number of fused-ring (bicyclic) bond motifs is 1. The van der Waals surface area contributed by atoms with E-state index < -0.39 is 14.8 Å². The molecule has 11 heteroatoms. The second-order valence-electron chi connectivity index (χ2n) is 10.8. The predicted molar refractivity (Wildman–Crippen MR) is 170 cm³/mol. The van der Waals surface area contributed by atoms with Crippen LogP contribution in [0, 0.1) is 11.3 Å². The van der Waals surface area contributed by atoms with Crippen molar-refractivity contribution in [2.75, 3.05) is 29.5 Å². The van der Waals surface area contributed by atoms with Gasteiger partial charge in [-0.05, 0) is 91.9 Å². The zero-order valence-corrected chi connectivity index (χ0v) is 25.6. The molecule has 9 nitrogen and oxygen atoms in total. The second-order valence-corrected chi connectivity index (χ2v) is 14.2. The molecule has 0 saturated carbocycles. The Labute approximate surface area is 251 Å². The van der Waals surface area contributed by atoms with E-state index in [0.29, 0.717) is 17.8 Å². The SMILES string of the molecule is CN1N=C(c2ccc3c(c2)CCCN3/C(=N\Cc2ccc(NS(C)(=O)=O)cc2)c2ccc(C#N)cc2)C(C)(C)SC1=O. The van der Waals surface area contributed by atoms with Gasteiger partial charge in [-0.2, -0.15) is 10.4 Å². The number of hydrogen-bond donors (Lipinski definition) is 1. The van der Waals surface area contributed by atoms with Crippen LogP contribution in [0.25, 0.3) is 0 Å². The number of nitrogens with one attached hydrogen (secondary N) is 1. The number of hydrogen-bond acceptors (Lipinski definition) is 7. The first-order valence-electron chi connectivity index (χ1n) is 13.5. The predicted octanol–water partition coefficient (Wildman–Crippen LogP) is 5.61. The molecule has 216 valence electrons. The number of anilines is 2. The van der Waals surface area contributed by atoms with Gasteiger partial charge in [0.2, 0.25) is 10.0 Å². The number of nitriles is 1. The topological polar surface area (TPSA) is 118 Å². The Morgan fingerprint density at radius 3 is 2.50 bits per heavy atom. The number of thioether (sulfide) groups is 1. The first-order chi connectivity index (χ1) is 19.9. The van der Waals surface area contributed by atoms with E-state index >= 15 is 0 Å². The summed E-state index contributed by atoms with van der Waals surface area (Å²) in [6.45, 7) is 5.21. The summed E-state index contributed by atoms with van der Waals surface area (Å²) in [7, 11) is -1.67. The standard InChI is InChI=1S/C31H32N6O3S2/c1-31(2)28(34-36(3)30(38)41-31)25-13-16-27-24(18-25)6-5-17-37(27)29(23-11-7-21(19-32)8-12-23)33-20-22-9-14-26(15-10-22)35-42(4,39)40/h7-16,18,35H,5-6,17,20H2,1-4H3/b33-29-. The van der Waals surface area contributed by atoms with E-state index in [-0.39, 0.29) is 5.24 Å². The molecule has 0 radical (unpaired) electrons. The maximum absolute atomic E-state index is 12.3. The molecule has 0 aliphatic carbocycles. The van der Waals surface area contributed by atoms with Crippen molar-refractivity contribution in [3.05, 3.63) is 94.5 Å². The molecule has 3 aromatic carbocycles. The lowest BCUT2D eigenvalue weighted by Gasteiger charge is -2.35. The highest BCUT2D eigenvalue weighted by Crippen LogP contribution is 2.37. The molecule has 1 N–H and O–H groups in total. The van der Waals surface area contributed by atoms with Gasteiger partial charge in [0, 0.05) is 30.5 Å². The number of aliphatic imine (C=N–C) groups is 1. The van der Waals surface area contributed by atoms with Crippen LogP contribution in [0.3, 0.4) is 0 Å². The van der Waals surface area contributed by atoms with Gasteiger partial charge in [0.25, 0.3) is 0 Å². The maximum atomic E-state index is 12.3. The van der Waals surface area contributed by atoms with E-state index in [2.05, 4.69) is 39.0 Å². The number of hydrazone groups is 1. The molecule has 3 aromatic rings. The fraction of sp³-hybridized carbons (Fsp3) is 0.290. The Kier molecular flexibility index (Phi) is 8.12. The average Bonchev–Trinajstić information content (AvgIpc) is 2.95. The largest absolute Gasteiger partial charge is 0.326 e. The highest BCUT2D eigenvalue weighted by Gasteiger charge is 2.37. The summed E-state index contributed by atoms with van der Waals surface area (Å²) in [5.74, 6) is 0.794. The molecule has 0 unspecified atom stereocenters. The number of benzene rings is 3. The fourth-order valence-corrected chi connectivity index (χ4v) is 6.53. The highest BCUT2D eigenvalue weighted by atomic mass is 32.2. The molecule has 0 atom stereocenters. The minimum absolute atomic E-state index is 0.0718. The third kappa shape index (κ3) is 6.50. The second kappa shape index (κ2) is 11.6. The Hall–Kier alpha value is -4.14. The van der Waals surface area contributed by atoms with Crippen molar-refractivity contribution in [2.24, 2.45) is 10.1 Å². The van der Waals surface area contributed by atoms with Gasteiger partial charge in [-0.25, -0.2) is 13.4 Å². The van der Waals surface area contributed by atoms with E-state index in [1.165, 1.54) is 22.3 Å². The van der Waals surface area contributed by atoms with Gasteiger partial charge in [0.15, 0.2) is 0 Å². The average molecular weight is 601 g/mol. The molecular weight excluding hydrogens is 569 g/mol. The lowest BCUT2D eigenvalue weighted by Crippen LogP contribution is -2.40. The van der Waals surface area contributed by atoms with E-state index in [0.717, 1.165) is 59.6 Å². The van der Waals surface area contributed by atoms with E-state index in [4.69, 9.17) is 4.99 Å². The summed E-state index contributed by atoms with van der Waals surface area (Å²) in [4.78, 5) is 19.5. The molecule has 0 fully saturated rings. The first kappa shape index (κ1) is 29.4. The molecule has 1 amide bonds. The molecule has 2 aliphatic rings. The van der Waals surface area contributed by atoms with Gasteiger partial charge < -0.3 is 4.90 Å². The molecule has 2 aliphatic heterocycles. The smallest absolute Gasteiger partial charge is 0.302 e. The van der Waals surface area contributed by atoms with Crippen LogP contribution in [0.5, 0.6) is 0 Å². The van der Waals surface area contributed by atoms with E-state index in [9.17, 15) is 18.5 Å². The Morgan fingerprint density at radius 2 is 1.83 bits per heavy atom. The highest BCUT2D eigenvalue weighted by molar-refractivity contribution is 8.15. The number of amides is 1. The number of carbonyl (C=O) groups is 1. The van der Waals surface area contributed by atoms with Crippen molar-refractivity contribution in [1.82, 2.24) is 5.01 Å². The number of aryl methyl sites for hydroxylation is 1. The third-order valence-corrected chi connectivity index (χ3v) is 8.84. The van der Waals surface area contributed by atoms with Crippen LogP contribution in [0.2, 0.25) is 0 Å². The van der Waals surface area contributed by atoms with Crippen molar-refractivity contribution < 1.29 is 13.2 Å². The van der Waals surface area contributed by atoms with Gasteiger partial charge in [-0.1, -0.05) is 30.0 Å². The minimum atomic E-state index is -3.36. The quantitative estimate of drug-likeness (QED) is 0.290. The van der Waals surface area contributed by atoms with Crippen molar-refractivity contribution >= 4 is 49.9 Å². The Bertz CT molecular complexity index is 1720. The zero-order valence-electron chi connectivity index (χ0n) is 24.0. The lowest BCUT2D eigenvalue weighted by molar-refractivity contribution is 0.234. The van der Waals surface area contributed by atoms with Gasteiger partial charge in [-0.15, -0.1) is 0 Å². The number of amidine groups is 1. The van der Waals surface area contributed by atoms with Crippen molar-refractivity contribution in [2.45, 2.75) is 38.0 Å². The van der Waals surface area contributed by atoms with Gasteiger partial charge in [-0.3, -0.25) is 14.5 Å². The molecule has 0 bridgehead atoms. The molecular formula is C31H32N6O3S2.